The molecule has 1 aromatic rings. The zero-order valence-corrected chi connectivity index (χ0v) is 21.9. The smallest absolute Gasteiger partial charge is 0.465 e. The van der Waals surface area contributed by atoms with Crippen molar-refractivity contribution in [1.29, 1.82) is 0 Å². The van der Waals surface area contributed by atoms with E-state index in [-0.39, 0.29) is 12.2 Å². The molecule has 39 heavy (non-hydrogen) atoms. The van der Waals surface area contributed by atoms with Crippen LogP contribution in [0.15, 0.2) is 17.1 Å². The minimum absolute atomic E-state index is 0.0767. The van der Waals surface area contributed by atoms with E-state index in [0.29, 0.717) is 0 Å². The zero-order valence-electron chi connectivity index (χ0n) is 21.0. The number of aliphatic hydroxyl groups is 5. The van der Waals surface area contributed by atoms with Gasteiger partial charge in [0.25, 0.3) is 5.79 Å². The van der Waals surface area contributed by atoms with Crippen molar-refractivity contribution < 1.29 is 62.7 Å². The van der Waals surface area contributed by atoms with E-state index in [2.05, 4.69) is 4.98 Å². The molecule has 2 fully saturated rings. The van der Waals surface area contributed by atoms with Gasteiger partial charge in [0.05, 0.1) is 26.4 Å². The Bertz CT molecular complexity index is 1110. The van der Waals surface area contributed by atoms with Crippen LogP contribution >= 0.6 is 7.82 Å². The predicted octanol–water partition coefficient (Wildman–Crippen LogP) is -3.68. The van der Waals surface area contributed by atoms with Crippen LogP contribution in [-0.4, -0.2) is 117 Å². The van der Waals surface area contributed by atoms with Gasteiger partial charge in [0.15, 0.2) is 6.23 Å². The highest BCUT2D eigenvalue weighted by Crippen LogP contribution is 2.55. The minimum Gasteiger partial charge on any atom is -0.465 e. The number of aromatic nitrogens is 2. The number of methoxy groups -OCH3 is 1. The van der Waals surface area contributed by atoms with Gasteiger partial charge in [0, 0.05) is 25.8 Å². The standard InChI is InChI=1S/C20H33N4O14P/c1-33-18(30)20(6-9(21)5-11(37-20)14(27)10(26)7-25)38-39(32,34-2)35-8-12-15(28)16(29)17(36-12)24-4-3-13(22)23-19(24)31/h3-4,9-12,14-17,25-29H,5-8,21H2,1-2H3,(H2,22,23,31)/t9?,10-,11?,12?,14-,15?,16?,17?,20?,39?/m1/s1. The molecule has 2 aliphatic heterocycles. The van der Waals surface area contributed by atoms with Crippen LogP contribution < -0.4 is 17.2 Å². The third-order valence-corrected chi connectivity index (χ3v) is 7.64. The molecule has 19 heteroatoms. The largest absolute Gasteiger partial charge is 0.477 e. The lowest BCUT2D eigenvalue weighted by Gasteiger charge is -2.43. The van der Waals surface area contributed by atoms with Gasteiger partial charge in [-0.15, -0.1) is 0 Å². The average molecular weight is 584 g/mol. The molecule has 0 aliphatic carbocycles. The summed E-state index contributed by atoms with van der Waals surface area (Å²) in [5.41, 5.74) is 10.6. The maximum atomic E-state index is 13.4. The van der Waals surface area contributed by atoms with Crippen molar-refractivity contribution >= 4 is 19.6 Å². The summed E-state index contributed by atoms with van der Waals surface area (Å²) >= 11 is 0. The second-order valence-corrected chi connectivity index (χ2v) is 10.6. The van der Waals surface area contributed by atoms with Crippen LogP contribution in [0.5, 0.6) is 0 Å². The fraction of sp³-hybridized carbons (Fsp3) is 0.750. The van der Waals surface area contributed by atoms with Gasteiger partial charge in [-0.3, -0.25) is 13.6 Å². The Kier molecular flexibility index (Phi) is 10.2. The first kappa shape index (κ1) is 31.5. The maximum absolute atomic E-state index is 13.4. The van der Waals surface area contributed by atoms with Crippen molar-refractivity contribution in [2.75, 3.05) is 33.2 Å². The molecule has 0 radical (unpaired) electrons. The molecule has 0 spiro atoms. The van der Waals surface area contributed by atoms with Crippen molar-refractivity contribution in [2.24, 2.45) is 5.73 Å². The molecule has 3 heterocycles. The number of ether oxygens (including phenoxy) is 3. The molecule has 2 aliphatic rings. The van der Waals surface area contributed by atoms with Crippen LogP contribution in [0.25, 0.3) is 0 Å². The van der Waals surface area contributed by atoms with Crippen LogP contribution in [0.1, 0.15) is 19.1 Å². The monoisotopic (exact) mass is 584 g/mol. The number of carbonyl (C=O) groups excluding carboxylic acids is 1. The molecule has 8 unspecified atom stereocenters. The first-order valence-corrected chi connectivity index (χ1v) is 13.1. The van der Waals surface area contributed by atoms with E-state index in [4.69, 9.17) is 44.4 Å². The first-order valence-electron chi connectivity index (χ1n) is 11.7. The zero-order chi connectivity index (χ0) is 29.1. The number of phosphoric acid groups is 1. The molecule has 3 rings (SSSR count). The van der Waals surface area contributed by atoms with Crippen LogP contribution in [0, 0.1) is 0 Å². The number of anilines is 1. The summed E-state index contributed by atoms with van der Waals surface area (Å²) in [7, 11) is -2.88. The molecule has 18 nitrogen and oxygen atoms in total. The number of nitrogens with zero attached hydrogens (tertiary/aromatic N) is 2. The van der Waals surface area contributed by atoms with E-state index in [1.54, 1.807) is 0 Å². The van der Waals surface area contributed by atoms with Crippen molar-refractivity contribution in [3.05, 3.63) is 22.7 Å². The molecule has 222 valence electrons. The number of aliphatic hydroxyl groups excluding tert-OH is 5. The fourth-order valence-electron chi connectivity index (χ4n) is 4.19. The number of hydrogen-bond acceptors (Lipinski definition) is 17. The molecule has 0 bridgehead atoms. The van der Waals surface area contributed by atoms with E-state index in [1.165, 1.54) is 12.3 Å². The number of nitrogens with two attached hydrogens (primary N) is 2. The van der Waals surface area contributed by atoms with Crippen molar-refractivity contribution in [3.63, 3.8) is 0 Å². The van der Waals surface area contributed by atoms with Crippen LogP contribution in [0.4, 0.5) is 5.82 Å². The second kappa shape index (κ2) is 12.6. The Morgan fingerprint density at radius 2 is 2.03 bits per heavy atom. The summed E-state index contributed by atoms with van der Waals surface area (Å²) < 4.78 is 45.6. The summed E-state index contributed by atoms with van der Waals surface area (Å²) in [5.74, 6) is -3.84. The predicted molar refractivity (Wildman–Crippen MR) is 126 cm³/mol. The topological polar surface area (TPSA) is 278 Å². The highest BCUT2D eigenvalue weighted by Gasteiger charge is 2.56. The van der Waals surface area contributed by atoms with Gasteiger partial charge in [-0.1, -0.05) is 0 Å². The summed E-state index contributed by atoms with van der Waals surface area (Å²) in [6.45, 7) is -1.58. The van der Waals surface area contributed by atoms with Crippen molar-refractivity contribution in [2.45, 2.75) is 67.5 Å². The summed E-state index contributed by atoms with van der Waals surface area (Å²) in [6.07, 6.45) is -10.1. The van der Waals surface area contributed by atoms with Crippen LogP contribution in [-0.2, 0) is 37.1 Å². The third kappa shape index (κ3) is 6.82. The molecule has 1 aromatic heterocycles. The van der Waals surface area contributed by atoms with E-state index in [0.717, 1.165) is 18.8 Å². The number of nitrogen functional groups attached to an aromatic ring is 1. The Morgan fingerprint density at radius 3 is 2.62 bits per heavy atom. The van der Waals surface area contributed by atoms with Gasteiger partial charge in [-0.05, 0) is 12.5 Å². The Balaban J connectivity index is 1.79. The summed E-state index contributed by atoms with van der Waals surface area (Å²) in [5, 5.41) is 50.2. The molecule has 10 atom stereocenters. The van der Waals surface area contributed by atoms with Gasteiger partial charge in [-0.2, -0.15) is 4.98 Å². The van der Waals surface area contributed by atoms with E-state index in [9.17, 15) is 34.6 Å². The van der Waals surface area contributed by atoms with Crippen LogP contribution in [0.3, 0.4) is 0 Å². The number of phosphoric ester groups is 1. The third-order valence-electron chi connectivity index (χ3n) is 6.21. The second-order valence-electron chi connectivity index (χ2n) is 8.95. The van der Waals surface area contributed by atoms with Gasteiger partial charge in [0.2, 0.25) is 0 Å². The van der Waals surface area contributed by atoms with E-state index in [1.807, 2.05) is 0 Å². The van der Waals surface area contributed by atoms with Crippen LogP contribution in [0.2, 0.25) is 0 Å². The highest BCUT2D eigenvalue weighted by atomic mass is 31.2. The number of hydrogen-bond donors (Lipinski definition) is 7. The molecular formula is C20H33N4O14P. The molecule has 9 N–H and O–H groups in total. The molecule has 2 saturated heterocycles. The summed E-state index contributed by atoms with van der Waals surface area (Å²) in [4.78, 5) is 28.4. The average Bonchev–Trinajstić information content (AvgIpc) is 3.18. The highest BCUT2D eigenvalue weighted by molar-refractivity contribution is 7.48. The Hall–Kier alpha value is -2.06. The molecule has 0 amide bonds. The Labute approximate surface area is 221 Å². The normalized spacial score (nSPS) is 34.3. The molecule has 0 aromatic carbocycles. The van der Waals surface area contributed by atoms with Gasteiger partial charge < -0.3 is 51.2 Å². The van der Waals surface area contributed by atoms with Gasteiger partial charge in [-0.25, -0.2) is 18.7 Å². The molecule has 0 saturated carbocycles. The summed E-state index contributed by atoms with van der Waals surface area (Å²) in [6, 6.07) is 0.363. The quantitative estimate of drug-likeness (QED) is 0.0974. The fourth-order valence-corrected chi connectivity index (χ4v) is 5.31. The lowest BCUT2D eigenvalue weighted by Crippen LogP contribution is -2.59. The van der Waals surface area contributed by atoms with E-state index >= 15 is 0 Å². The number of carbonyl (C=O) groups is 1. The Morgan fingerprint density at radius 1 is 1.33 bits per heavy atom. The van der Waals surface area contributed by atoms with Crippen molar-refractivity contribution in [1.82, 2.24) is 9.55 Å². The first-order chi connectivity index (χ1) is 18.3. The molecular weight excluding hydrogens is 551 g/mol. The number of esters is 1. The maximum Gasteiger partial charge on any atom is 0.477 e. The lowest BCUT2D eigenvalue weighted by atomic mass is 9.92. The minimum atomic E-state index is -4.77. The lowest BCUT2D eigenvalue weighted by molar-refractivity contribution is -0.272. The SMILES string of the molecule is COC(=O)C1(OP(=O)(OC)OCC2OC(n3ccc(N)nc3=O)C(O)C2O)CC(N)CC([C@H](O)[C@H](O)CO)O1. The number of rotatable bonds is 11. The van der Waals surface area contributed by atoms with Crippen molar-refractivity contribution in [3.8, 4) is 0 Å². The van der Waals surface area contributed by atoms with E-state index < -0.39 is 93.8 Å². The van der Waals surface area contributed by atoms with Gasteiger partial charge >= 0.3 is 19.5 Å². The van der Waals surface area contributed by atoms with Gasteiger partial charge in [0.1, 0.15) is 36.3 Å².